The summed E-state index contributed by atoms with van der Waals surface area (Å²) in [5, 5.41) is -1.33. The molecule has 0 aromatic heterocycles. The van der Waals surface area contributed by atoms with Crippen LogP contribution < -0.4 is 0 Å². The van der Waals surface area contributed by atoms with E-state index in [1.165, 1.54) is 25.1 Å². The maximum Gasteiger partial charge on any atom is 0.325 e. The molecule has 1 aromatic rings. The first-order chi connectivity index (χ1) is 11.8. The third-order valence-electron chi connectivity index (χ3n) is 4.36. The van der Waals surface area contributed by atoms with Crippen LogP contribution >= 0.6 is 0 Å². The number of benzene rings is 1. The summed E-state index contributed by atoms with van der Waals surface area (Å²) >= 11 is 0. The Morgan fingerprint density at radius 1 is 1.12 bits per heavy atom. The molecule has 2 atom stereocenters. The molecule has 0 heterocycles. The van der Waals surface area contributed by atoms with Crippen molar-refractivity contribution >= 4 is 21.8 Å². The fourth-order valence-corrected chi connectivity index (χ4v) is 5.21. The van der Waals surface area contributed by atoms with E-state index < -0.39 is 44.2 Å². The van der Waals surface area contributed by atoms with Gasteiger partial charge in [0.25, 0.3) is 0 Å². The van der Waals surface area contributed by atoms with Gasteiger partial charge in [0.1, 0.15) is 5.82 Å². The van der Waals surface area contributed by atoms with Gasteiger partial charge < -0.3 is 9.47 Å². The first-order valence-corrected chi connectivity index (χ1v) is 9.80. The quantitative estimate of drug-likeness (QED) is 0.536. The van der Waals surface area contributed by atoms with Crippen molar-refractivity contribution in [1.82, 2.24) is 0 Å². The van der Waals surface area contributed by atoms with E-state index in [2.05, 4.69) is 0 Å². The van der Waals surface area contributed by atoms with Crippen molar-refractivity contribution in [3.8, 4) is 0 Å². The number of hydrogen-bond donors (Lipinski definition) is 0. The van der Waals surface area contributed by atoms with Crippen molar-refractivity contribution in [1.29, 1.82) is 0 Å². The molecule has 0 amide bonds. The molecule has 0 N–H and O–H groups in total. The smallest absolute Gasteiger partial charge is 0.325 e. The van der Waals surface area contributed by atoms with Gasteiger partial charge in [-0.25, -0.2) is 12.8 Å². The van der Waals surface area contributed by atoms with Gasteiger partial charge in [-0.15, -0.1) is 0 Å². The first-order valence-electron chi connectivity index (χ1n) is 8.08. The molecule has 8 heteroatoms. The molecular formula is C17H21FO6S. The van der Waals surface area contributed by atoms with Crippen LogP contribution in [0.25, 0.3) is 0 Å². The molecule has 0 saturated heterocycles. The summed E-state index contributed by atoms with van der Waals surface area (Å²) in [6, 6.07) is 5.22. The molecule has 0 radical (unpaired) electrons. The lowest BCUT2D eigenvalue weighted by Gasteiger charge is -2.15. The molecule has 2 rings (SSSR count). The minimum atomic E-state index is -3.79. The van der Waals surface area contributed by atoms with Crippen LogP contribution in [0, 0.1) is 11.2 Å². The average molecular weight is 372 g/mol. The Balaban J connectivity index is 2.63. The number of carbonyl (C=O) groups is 2. The second-order valence-corrected chi connectivity index (χ2v) is 8.13. The number of sulfone groups is 1. The molecule has 6 nitrogen and oxygen atoms in total. The summed E-state index contributed by atoms with van der Waals surface area (Å²) in [6.07, 6.45) is 0. The minimum absolute atomic E-state index is 0.0191. The summed E-state index contributed by atoms with van der Waals surface area (Å²) < 4.78 is 48.7. The third-order valence-corrected chi connectivity index (χ3v) is 6.58. The summed E-state index contributed by atoms with van der Waals surface area (Å²) in [5.41, 5.74) is -1.74. The monoisotopic (exact) mass is 372 g/mol. The van der Waals surface area contributed by atoms with Crippen LogP contribution in [0.4, 0.5) is 4.39 Å². The van der Waals surface area contributed by atoms with Gasteiger partial charge in [0.2, 0.25) is 0 Å². The van der Waals surface area contributed by atoms with Crippen LogP contribution in [-0.2, 0) is 28.9 Å². The maximum absolute atomic E-state index is 13.6. The summed E-state index contributed by atoms with van der Waals surface area (Å²) in [4.78, 5) is 25.2. The van der Waals surface area contributed by atoms with Crippen LogP contribution in [0.5, 0.6) is 0 Å². The van der Waals surface area contributed by atoms with Gasteiger partial charge >= 0.3 is 11.9 Å². The van der Waals surface area contributed by atoms with E-state index in [0.717, 1.165) is 6.07 Å². The Hall–Kier alpha value is -1.96. The van der Waals surface area contributed by atoms with E-state index in [1.54, 1.807) is 13.8 Å². The summed E-state index contributed by atoms with van der Waals surface area (Å²) in [7, 11) is -3.79. The highest BCUT2D eigenvalue weighted by molar-refractivity contribution is 7.92. The van der Waals surface area contributed by atoms with Gasteiger partial charge in [0, 0.05) is 11.7 Å². The van der Waals surface area contributed by atoms with Gasteiger partial charge in [-0.2, -0.15) is 0 Å². The van der Waals surface area contributed by atoms with Crippen molar-refractivity contribution < 1.29 is 31.9 Å². The van der Waals surface area contributed by atoms with E-state index in [0.29, 0.717) is 0 Å². The largest absolute Gasteiger partial charge is 0.465 e. The van der Waals surface area contributed by atoms with Crippen LogP contribution in [0.1, 0.15) is 32.3 Å². The molecular weight excluding hydrogens is 351 g/mol. The highest BCUT2D eigenvalue weighted by Crippen LogP contribution is 2.64. The highest BCUT2D eigenvalue weighted by Gasteiger charge is 2.81. The van der Waals surface area contributed by atoms with E-state index >= 15 is 0 Å². The molecule has 1 aromatic carbocycles. The van der Waals surface area contributed by atoms with E-state index in [4.69, 9.17) is 9.47 Å². The SMILES string of the molecule is CCOC(=O)C1(C(=O)OCC)[C@H](c2cccc(F)c2)[C@H]1S(=O)(=O)CC. The van der Waals surface area contributed by atoms with Gasteiger partial charge in [0.15, 0.2) is 15.3 Å². The average Bonchev–Trinajstić information content (AvgIpc) is 3.28. The zero-order valence-electron chi connectivity index (χ0n) is 14.3. The van der Waals surface area contributed by atoms with Crippen molar-refractivity contribution in [2.45, 2.75) is 31.9 Å². The van der Waals surface area contributed by atoms with Crippen LogP contribution in [0.2, 0.25) is 0 Å². The topological polar surface area (TPSA) is 86.7 Å². The second kappa shape index (κ2) is 7.11. The van der Waals surface area contributed by atoms with Gasteiger partial charge in [-0.3, -0.25) is 9.59 Å². The second-order valence-electron chi connectivity index (χ2n) is 5.71. The Kier molecular flexibility index (Phi) is 5.51. The molecule has 0 aliphatic heterocycles. The fraction of sp³-hybridized carbons (Fsp3) is 0.529. The van der Waals surface area contributed by atoms with Gasteiger partial charge in [0.05, 0.1) is 18.5 Å². The Morgan fingerprint density at radius 3 is 2.12 bits per heavy atom. The number of carbonyl (C=O) groups excluding carboxylic acids is 2. The normalized spacial score (nSPS) is 21.4. The number of halogens is 1. The van der Waals surface area contributed by atoms with E-state index in [-0.39, 0.29) is 24.5 Å². The van der Waals surface area contributed by atoms with Gasteiger partial charge in [-0.05, 0) is 31.5 Å². The lowest BCUT2D eigenvalue weighted by molar-refractivity contribution is -0.164. The number of ether oxygens (including phenoxy) is 2. The molecule has 1 saturated carbocycles. The first kappa shape index (κ1) is 19.4. The molecule has 0 bridgehead atoms. The number of rotatable bonds is 7. The summed E-state index contributed by atoms with van der Waals surface area (Å²) in [5.74, 6) is -3.79. The third kappa shape index (κ3) is 3.15. The maximum atomic E-state index is 13.6. The number of hydrogen-bond acceptors (Lipinski definition) is 6. The van der Waals surface area contributed by atoms with Crippen LogP contribution in [-0.4, -0.2) is 44.6 Å². The van der Waals surface area contributed by atoms with E-state index in [9.17, 15) is 22.4 Å². The van der Waals surface area contributed by atoms with Crippen LogP contribution in [0.3, 0.4) is 0 Å². The van der Waals surface area contributed by atoms with Crippen molar-refractivity contribution in [2.75, 3.05) is 19.0 Å². The molecule has 138 valence electrons. The van der Waals surface area contributed by atoms with Crippen molar-refractivity contribution in [3.63, 3.8) is 0 Å². The molecule has 1 aliphatic rings. The van der Waals surface area contributed by atoms with Crippen molar-refractivity contribution in [2.24, 2.45) is 5.41 Å². The highest BCUT2D eigenvalue weighted by atomic mass is 32.2. The summed E-state index contributed by atoms with van der Waals surface area (Å²) in [6.45, 7) is 4.50. The number of esters is 2. The molecule has 0 unspecified atom stereocenters. The predicted molar refractivity (Wildman–Crippen MR) is 88.1 cm³/mol. The lowest BCUT2D eigenvalue weighted by Crippen LogP contribution is -2.36. The minimum Gasteiger partial charge on any atom is -0.465 e. The fourth-order valence-electron chi connectivity index (χ4n) is 3.23. The van der Waals surface area contributed by atoms with Crippen molar-refractivity contribution in [3.05, 3.63) is 35.6 Å². The van der Waals surface area contributed by atoms with Gasteiger partial charge in [-0.1, -0.05) is 19.1 Å². The molecule has 1 aliphatic carbocycles. The Morgan fingerprint density at radius 2 is 1.68 bits per heavy atom. The molecule has 25 heavy (non-hydrogen) atoms. The predicted octanol–water partition coefficient (Wildman–Crippen LogP) is 1.84. The zero-order chi connectivity index (χ0) is 18.8. The van der Waals surface area contributed by atoms with Crippen LogP contribution in [0.15, 0.2) is 24.3 Å². The Labute approximate surface area is 146 Å². The molecule has 1 fully saturated rings. The lowest BCUT2D eigenvalue weighted by atomic mass is 9.99. The zero-order valence-corrected chi connectivity index (χ0v) is 15.1. The Bertz CT molecular complexity index is 755. The molecule has 0 spiro atoms. The standard InChI is InChI=1S/C17H21FO6S/c1-4-23-15(19)17(16(20)24-5-2)13(14(17)25(21,22)6-3)11-8-7-9-12(18)10-11/h7-10,13-14H,4-6H2,1-3H3/t13-,14-/m1/s1. The van der Waals surface area contributed by atoms with E-state index in [1.807, 2.05) is 0 Å².